The predicted octanol–water partition coefficient (Wildman–Crippen LogP) is 3.00. The Morgan fingerprint density at radius 2 is 2.21 bits per heavy atom. The molecule has 4 heteroatoms. The number of hydrogen-bond acceptors (Lipinski definition) is 3. The molecule has 0 N–H and O–H groups in total. The summed E-state index contributed by atoms with van der Waals surface area (Å²) in [6.45, 7) is 0. The minimum absolute atomic E-state index is 0.584. The molecule has 14 heavy (non-hydrogen) atoms. The highest BCUT2D eigenvalue weighted by Gasteiger charge is 2.07. The molecule has 3 nitrogen and oxygen atoms in total. The molecule has 0 fully saturated rings. The molecule has 0 radical (unpaired) electrons. The molecule has 0 bridgehead atoms. The van der Waals surface area contributed by atoms with E-state index in [4.69, 9.17) is 20.9 Å². The molecule has 0 atom stereocenters. The van der Waals surface area contributed by atoms with Crippen molar-refractivity contribution in [3.8, 4) is 17.1 Å². The van der Waals surface area contributed by atoms with Crippen LogP contribution < -0.4 is 4.74 Å². The average Bonchev–Trinajstić information content (AvgIpc) is 2.70. The zero-order chi connectivity index (χ0) is 9.97. The van der Waals surface area contributed by atoms with Gasteiger partial charge in [0.2, 0.25) is 0 Å². The first-order valence-corrected chi connectivity index (χ1v) is 4.43. The van der Waals surface area contributed by atoms with E-state index in [1.807, 2.05) is 12.1 Å². The first kappa shape index (κ1) is 9.09. The van der Waals surface area contributed by atoms with Gasteiger partial charge in [-0.15, -0.1) is 0 Å². The molecular formula is C10H8ClNO2. The highest BCUT2D eigenvalue weighted by molar-refractivity contribution is 6.33. The van der Waals surface area contributed by atoms with E-state index in [1.54, 1.807) is 25.4 Å². The first-order chi connectivity index (χ1) is 6.81. The van der Waals surface area contributed by atoms with Gasteiger partial charge in [0.15, 0.2) is 5.76 Å². The van der Waals surface area contributed by atoms with Gasteiger partial charge >= 0.3 is 0 Å². The number of halogens is 1. The van der Waals surface area contributed by atoms with Gasteiger partial charge in [-0.05, 0) is 18.2 Å². The van der Waals surface area contributed by atoms with Crippen LogP contribution in [0.15, 0.2) is 35.0 Å². The summed E-state index contributed by atoms with van der Waals surface area (Å²) in [4.78, 5) is 0. The van der Waals surface area contributed by atoms with Gasteiger partial charge in [0.05, 0.1) is 18.3 Å². The summed E-state index contributed by atoms with van der Waals surface area (Å²) >= 11 is 6.03. The van der Waals surface area contributed by atoms with Gasteiger partial charge in [-0.2, -0.15) is 0 Å². The molecule has 0 saturated carbocycles. The lowest BCUT2D eigenvalue weighted by Gasteiger charge is -2.02. The Morgan fingerprint density at radius 1 is 1.36 bits per heavy atom. The van der Waals surface area contributed by atoms with E-state index in [9.17, 15) is 0 Å². The molecule has 1 heterocycles. The lowest BCUT2D eigenvalue weighted by Crippen LogP contribution is -1.83. The Bertz CT molecular complexity index is 426. The molecule has 1 aromatic carbocycles. The molecule has 0 amide bonds. The van der Waals surface area contributed by atoms with Crippen molar-refractivity contribution in [3.63, 3.8) is 0 Å². The third kappa shape index (κ3) is 1.59. The molecule has 0 aliphatic heterocycles. The van der Waals surface area contributed by atoms with Crippen LogP contribution in [0, 0.1) is 0 Å². The van der Waals surface area contributed by atoms with Gasteiger partial charge in [-0.25, -0.2) is 0 Å². The van der Waals surface area contributed by atoms with Crippen molar-refractivity contribution in [1.82, 2.24) is 5.16 Å². The normalized spacial score (nSPS) is 10.1. The van der Waals surface area contributed by atoms with Gasteiger partial charge < -0.3 is 9.26 Å². The molecule has 1 aromatic heterocycles. The second-order valence-electron chi connectivity index (χ2n) is 2.72. The molecule has 2 aromatic rings. The van der Waals surface area contributed by atoms with E-state index in [2.05, 4.69) is 5.16 Å². The highest BCUT2D eigenvalue weighted by atomic mass is 35.5. The van der Waals surface area contributed by atoms with E-state index in [0.29, 0.717) is 10.8 Å². The topological polar surface area (TPSA) is 35.3 Å². The summed E-state index contributed by atoms with van der Waals surface area (Å²) < 4.78 is 10.0. The molecule has 72 valence electrons. The smallest absolute Gasteiger partial charge is 0.168 e. The summed E-state index contributed by atoms with van der Waals surface area (Å²) in [7, 11) is 1.60. The van der Waals surface area contributed by atoms with Crippen LogP contribution in [-0.2, 0) is 0 Å². The van der Waals surface area contributed by atoms with E-state index >= 15 is 0 Å². The molecule has 2 rings (SSSR count). The number of hydrogen-bond donors (Lipinski definition) is 0. The lowest BCUT2D eigenvalue weighted by atomic mass is 10.1. The SMILES string of the molecule is COc1ccc(-c2ccno2)c(Cl)c1. The van der Waals surface area contributed by atoms with Crippen LogP contribution in [0.3, 0.4) is 0 Å². The van der Waals surface area contributed by atoms with Gasteiger partial charge in [0.25, 0.3) is 0 Å². The standard InChI is InChI=1S/C10H8ClNO2/c1-13-7-2-3-8(9(11)6-7)10-4-5-12-14-10/h2-6H,1H3. The number of nitrogens with zero attached hydrogens (tertiary/aromatic N) is 1. The fraction of sp³-hybridized carbons (Fsp3) is 0.100. The lowest BCUT2D eigenvalue weighted by molar-refractivity contribution is 0.414. The average molecular weight is 210 g/mol. The number of benzene rings is 1. The second kappa shape index (κ2) is 3.72. The number of ether oxygens (including phenoxy) is 1. The summed E-state index contributed by atoms with van der Waals surface area (Å²) in [6, 6.07) is 7.15. The van der Waals surface area contributed by atoms with Gasteiger partial charge in [-0.3, -0.25) is 0 Å². The van der Waals surface area contributed by atoms with Crippen LogP contribution in [0.4, 0.5) is 0 Å². The van der Waals surface area contributed by atoms with Crippen LogP contribution in [-0.4, -0.2) is 12.3 Å². The third-order valence-electron chi connectivity index (χ3n) is 1.88. The van der Waals surface area contributed by atoms with Crippen molar-refractivity contribution >= 4 is 11.6 Å². The van der Waals surface area contributed by atoms with Crippen molar-refractivity contribution < 1.29 is 9.26 Å². The summed E-state index contributed by atoms with van der Waals surface area (Å²) in [5.74, 6) is 1.37. The van der Waals surface area contributed by atoms with E-state index in [1.165, 1.54) is 0 Å². The number of methoxy groups -OCH3 is 1. The van der Waals surface area contributed by atoms with E-state index < -0.39 is 0 Å². The molecule has 0 unspecified atom stereocenters. The molecule has 0 spiro atoms. The Hall–Kier alpha value is -1.48. The van der Waals surface area contributed by atoms with Crippen molar-refractivity contribution in [1.29, 1.82) is 0 Å². The van der Waals surface area contributed by atoms with Crippen molar-refractivity contribution in [2.45, 2.75) is 0 Å². The van der Waals surface area contributed by atoms with Crippen LogP contribution in [0.25, 0.3) is 11.3 Å². The monoisotopic (exact) mass is 209 g/mol. The fourth-order valence-electron chi connectivity index (χ4n) is 1.18. The van der Waals surface area contributed by atoms with Crippen LogP contribution in [0.5, 0.6) is 5.75 Å². The van der Waals surface area contributed by atoms with Gasteiger partial charge in [-0.1, -0.05) is 16.8 Å². The minimum atomic E-state index is 0.584. The first-order valence-electron chi connectivity index (χ1n) is 4.06. The maximum absolute atomic E-state index is 6.03. The van der Waals surface area contributed by atoms with Gasteiger partial charge in [0, 0.05) is 11.6 Å². The van der Waals surface area contributed by atoms with Gasteiger partial charge in [0.1, 0.15) is 5.75 Å². The molecule has 0 aliphatic rings. The summed E-state index contributed by atoms with van der Waals surface area (Å²) in [5, 5.41) is 4.20. The molecule has 0 saturated heterocycles. The molecular weight excluding hydrogens is 202 g/mol. The van der Waals surface area contributed by atoms with Crippen molar-refractivity contribution in [2.24, 2.45) is 0 Å². The Balaban J connectivity index is 2.46. The van der Waals surface area contributed by atoms with E-state index in [0.717, 1.165) is 11.3 Å². The van der Waals surface area contributed by atoms with Crippen molar-refractivity contribution in [3.05, 3.63) is 35.5 Å². The Morgan fingerprint density at radius 3 is 2.79 bits per heavy atom. The fourth-order valence-corrected chi connectivity index (χ4v) is 1.44. The maximum Gasteiger partial charge on any atom is 0.168 e. The minimum Gasteiger partial charge on any atom is -0.497 e. The third-order valence-corrected chi connectivity index (χ3v) is 2.19. The predicted molar refractivity (Wildman–Crippen MR) is 53.5 cm³/mol. The zero-order valence-electron chi connectivity index (χ0n) is 7.53. The second-order valence-corrected chi connectivity index (χ2v) is 3.13. The van der Waals surface area contributed by atoms with Crippen LogP contribution in [0.2, 0.25) is 5.02 Å². The van der Waals surface area contributed by atoms with Crippen molar-refractivity contribution in [2.75, 3.05) is 7.11 Å². The Kier molecular flexibility index (Phi) is 2.41. The van der Waals surface area contributed by atoms with Crippen LogP contribution >= 0.6 is 11.6 Å². The maximum atomic E-state index is 6.03. The van der Waals surface area contributed by atoms with E-state index in [-0.39, 0.29) is 0 Å². The number of aromatic nitrogens is 1. The highest BCUT2D eigenvalue weighted by Crippen LogP contribution is 2.30. The quantitative estimate of drug-likeness (QED) is 0.763. The summed E-state index contributed by atoms with van der Waals surface area (Å²) in [5.41, 5.74) is 0.810. The Labute approximate surface area is 86.2 Å². The van der Waals surface area contributed by atoms with Crippen LogP contribution in [0.1, 0.15) is 0 Å². The zero-order valence-corrected chi connectivity index (χ0v) is 8.28. The summed E-state index contributed by atoms with van der Waals surface area (Å²) in [6.07, 6.45) is 1.58. The largest absolute Gasteiger partial charge is 0.497 e. The molecule has 0 aliphatic carbocycles. The number of rotatable bonds is 2.